The average Bonchev–Trinajstić information content (AvgIpc) is 2.82. The van der Waals surface area contributed by atoms with Crippen LogP contribution in [0.3, 0.4) is 0 Å². The number of hydrogen-bond donors (Lipinski definition) is 1. The Bertz CT molecular complexity index is 686. The van der Waals surface area contributed by atoms with E-state index >= 15 is 0 Å². The summed E-state index contributed by atoms with van der Waals surface area (Å²) < 4.78 is 13.7. The van der Waals surface area contributed by atoms with Crippen molar-refractivity contribution in [3.8, 4) is 0 Å². The van der Waals surface area contributed by atoms with Gasteiger partial charge in [-0.1, -0.05) is 44.9 Å². The van der Waals surface area contributed by atoms with E-state index in [0.717, 1.165) is 17.7 Å². The molecule has 7 heteroatoms. The van der Waals surface area contributed by atoms with Crippen LogP contribution in [0.5, 0.6) is 0 Å². The van der Waals surface area contributed by atoms with Gasteiger partial charge in [-0.05, 0) is 18.9 Å². The summed E-state index contributed by atoms with van der Waals surface area (Å²) in [5, 5.41) is 2.78. The highest BCUT2D eigenvalue weighted by atomic mass is 19.1. The lowest BCUT2D eigenvalue weighted by atomic mass is 9.88. The summed E-state index contributed by atoms with van der Waals surface area (Å²) in [6.07, 6.45) is 2.59. The van der Waals surface area contributed by atoms with Crippen molar-refractivity contribution < 1.29 is 18.8 Å². The Kier molecular flexibility index (Phi) is 6.34. The lowest BCUT2D eigenvalue weighted by Gasteiger charge is -2.26. The van der Waals surface area contributed by atoms with Gasteiger partial charge in [0.25, 0.3) is 5.91 Å². The van der Waals surface area contributed by atoms with E-state index in [4.69, 9.17) is 0 Å². The number of imide groups is 1. The number of nitrogens with one attached hydrogen (secondary N) is 1. The number of halogens is 1. The fourth-order valence-electron chi connectivity index (χ4n) is 3.36. The average molecular weight is 363 g/mol. The molecule has 0 saturated carbocycles. The van der Waals surface area contributed by atoms with Gasteiger partial charge < -0.3 is 10.2 Å². The molecule has 4 amide bonds. The van der Waals surface area contributed by atoms with Gasteiger partial charge in [0, 0.05) is 19.2 Å². The van der Waals surface area contributed by atoms with Crippen LogP contribution in [0.1, 0.15) is 45.1 Å². The summed E-state index contributed by atoms with van der Waals surface area (Å²) in [4.78, 5) is 39.8. The normalized spacial score (nSPS) is 15.9. The van der Waals surface area contributed by atoms with Crippen molar-refractivity contribution in [3.05, 3.63) is 35.6 Å². The molecule has 1 saturated heterocycles. The van der Waals surface area contributed by atoms with E-state index in [1.165, 1.54) is 18.0 Å². The maximum absolute atomic E-state index is 13.7. The molecule has 0 unspecified atom stereocenters. The molecule has 26 heavy (non-hydrogen) atoms. The molecule has 1 aliphatic heterocycles. The number of benzene rings is 1. The second-order valence-electron chi connectivity index (χ2n) is 6.74. The third kappa shape index (κ3) is 4.03. The van der Waals surface area contributed by atoms with Crippen LogP contribution < -0.4 is 5.32 Å². The zero-order valence-electron chi connectivity index (χ0n) is 15.5. The summed E-state index contributed by atoms with van der Waals surface area (Å²) >= 11 is 0. The Morgan fingerprint density at radius 3 is 2.38 bits per heavy atom. The van der Waals surface area contributed by atoms with E-state index in [1.807, 2.05) is 13.8 Å². The first-order chi connectivity index (χ1) is 12.3. The maximum Gasteiger partial charge on any atom is 0.325 e. The van der Waals surface area contributed by atoms with Crippen molar-refractivity contribution >= 4 is 17.8 Å². The first-order valence-corrected chi connectivity index (χ1v) is 8.96. The van der Waals surface area contributed by atoms with E-state index in [1.54, 1.807) is 18.2 Å². The number of likely N-dealkylation sites (N-methyl/N-ethyl adjacent to an activating group) is 1. The summed E-state index contributed by atoms with van der Waals surface area (Å²) in [5.74, 6) is -1.16. The number of amides is 4. The van der Waals surface area contributed by atoms with Crippen LogP contribution in [0.2, 0.25) is 0 Å². The van der Waals surface area contributed by atoms with E-state index < -0.39 is 23.3 Å². The fourth-order valence-corrected chi connectivity index (χ4v) is 3.36. The molecule has 142 valence electrons. The largest absolute Gasteiger partial charge is 0.340 e. The Labute approximate surface area is 153 Å². The van der Waals surface area contributed by atoms with Crippen LogP contribution in [0, 0.1) is 5.82 Å². The molecule has 1 aromatic rings. The van der Waals surface area contributed by atoms with Crippen LogP contribution in [-0.2, 0) is 16.1 Å². The molecule has 0 atom stereocenters. The summed E-state index contributed by atoms with van der Waals surface area (Å²) in [7, 11) is 1.53. The van der Waals surface area contributed by atoms with Crippen molar-refractivity contribution in [2.24, 2.45) is 0 Å². The number of hydrogen-bond acceptors (Lipinski definition) is 3. The van der Waals surface area contributed by atoms with Crippen LogP contribution in [0.25, 0.3) is 0 Å². The standard InChI is InChI=1S/C19H26FN3O3/c1-4-10-19(11-5-2)17(25)23(18(26)21-19)13-16(24)22(3)12-14-8-6-7-9-15(14)20/h6-9H,4-5,10-13H2,1-3H3,(H,21,26). The highest BCUT2D eigenvalue weighted by Gasteiger charge is 2.50. The minimum atomic E-state index is -0.912. The predicted octanol–water partition coefficient (Wildman–Crippen LogP) is 2.67. The molecule has 1 fully saturated rings. The van der Waals surface area contributed by atoms with E-state index in [-0.39, 0.29) is 19.0 Å². The van der Waals surface area contributed by atoms with Gasteiger partial charge in [-0.25, -0.2) is 9.18 Å². The molecule has 0 aromatic heterocycles. The van der Waals surface area contributed by atoms with Gasteiger partial charge in [-0.2, -0.15) is 0 Å². The van der Waals surface area contributed by atoms with Crippen molar-refractivity contribution in [2.75, 3.05) is 13.6 Å². The quantitative estimate of drug-likeness (QED) is 0.722. The first kappa shape index (κ1) is 19.9. The Balaban J connectivity index is 2.07. The van der Waals surface area contributed by atoms with Gasteiger partial charge >= 0.3 is 6.03 Å². The Morgan fingerprint density at radius 1 is 1.19 bits per heavy atom. The molecule has 2 rings (SSSR count). The zero-order chi connectivity index (χ0) is 19.3. The Morgan fingerprint density at radius 2 is 1.81 bits per heavy atom. The predicted molar refractivity (Wildman–Crippen MR) is 95.7 cm³/mol. The molecule has 1 aromatic carbocycles. The molecule has 1 heterocycles. The number of rotatable bonds is 8. The van der Waals surface area contributed by atoms with Gasteiger partial charge in [0.2, 0.25) is 5.91 Å². The van der Waals surface area contributed by atoms with Crippen LogP contribution in [0.4, 0.5) is 9.18 Å². The molecule has 0 spiro atoms. The SMILES string of the molecule is CCCC1(CCC)NC(=O)N(CC(=O)N(C)Cc2ccccc2F)C1=O. The maximum atomic E-state index is 13.7. The summed E-state index contributed by atoms with van der Waals surface area (Å²) in [6.45, 7) is 3.63. The van der Waals surface area contributed by atoms with Gasteiger partial charge in [0.1, 0.15) is 17.9 Å². The number of nitrogens with zero attached hydrogens (tertiary/aromatic N) is 2. The summed E-state index contributed by atoms with van der Waals surface area (Å²) in [5.41, 5.74) is -0.530. The van der Waals surface area contributed by atoms with E-state index in [9.17, 15) is 18.8 Å². The van der Waals surface area contributed by atoms with Gasteiger partial charge in [-0.3, -0.25) is 14.5 Å². The zero-order valence-corrected chi connectivity index (χ0v) is 15.5. The lowest BCUT2D eigenvalue weighted by Crippen LogP contribution is -2.47. The van der Waals surface area contributed by atoms with Crippen molar-refractivity contribution in [1.82, 2.24) is 15.1 Å². The molecule has 0 bridgehead atoms. The fraction of sp³-hybridized carbons (Fsp3) is 0.526. The van der Waals surface area contributed by atoms with Gasteiger partial charge in [0.15, 0.2) is 0 Å². The topological polar surface area (TPSA) is 69.7 Å². The molecular formula is C19H26FN3O3. The number of urea groups is 1. The van der Waals surface area contributed by atoms with Gasteiger partial charge in [0.05, 0.1) is 0 Å². The molecular weight excluding hydrogens is 337 g/mol. The van der Waals surface area contributed by atoms with Crippen LogP contribution in [0.15, 0.2) is 24.3 Å². The molecule has 6 nitrogen and oxygen atoms in total. The molecule has 1 N–H and O–H groups in total. The van der Waals surface area contributed by atoms with Crippen molar-refractivity contribution in [3.63, 3.8) is 0 Å². The number of carbonyl (C=O) groups is 3. The van der Waals surface area contributed by atoms with Crippen molar-refractivity contribution in [1.29, 1.82) is 0 Å². The minimum Gasteiger partial charge on any atom is -0.340 e. The smallest absolute Gasteiger partial charge is 0.325 e. The van der Waals surface area contributed by atoms with E-state index in [0.29, 0.717) is 18.4 Å². The first-order valence-electron chi connectivity index (χ1n) is 8.96. The highest BCUT2D eigenvalue weighted by molar-refractivity contribution is 6.09. The molecule has 1 aliphatic rings. The third-order valence-electron chi connectivity index (χ3n) is 4.68. The van der Waals surface area contributed by atoms with Gasteiger partial charge in [-0.15, -0.1) is 0 Å². The molecule has 0 aliphatic carbocycles. The second kappa shape index (κ2) is 8.29. The summed E-state index contributed by atoms with van der Waals surface area (Å²) in [6, 6.07) is 5.66. The van der Waals surface area contributed by atoms with E-state index in [2.05, 4.69) is 5.32 Å². The minimum absolute atomic E-state index is 0.0736. The van der Waals surface area contributed by atoms with Crippen LogP contribution in [-0.4, -0.2) is 46.8 Å². The number of carbonyl (C=O) groups excluding carboxylic acids is 3. The second-order valence-corrected chi connectivity index (χ2v) is 6.74. The van der Waals surface area contributed by atoms with Crippen molar-refractivity contribution in [2.45, 2.75) is 51.6 Å². The highest BCUT2D eigenvalue weighted by Crippen LogP contribution is 2.28. The monoisotopic (exact) mass is 363 g/mol. The molecule has 0 radical (unpaired) electrons. The lowest BCUT2D eigenvalue weighted by molar-refractivity contribution is -0.138. The third-order valence-corrected chi connectivity index (χ3v) is 4.68. The van der Waals surface area contributed by atoms with Crippen LogP contribution >= 0.6 is 0 Å². The Hall–Kier alpha value is -2.44.